The molecule has 2 aromatic carbocycles. The summed E-state index contributed by atoms with van der Waals surface area (Å²) in [5.74, 6) is -0.192. The largest absolute Gasteiger partial charge is 0.289 e. The van der Waals surface area contributed by atoms with Crippen LogP contribution in [-0.4, -0.2) is 12.3 Å². The van der Waals surface area contributed by atoms with Crippen molar-refractivity contribution in [2.24, 2.45) is 4.99 Å². The number of aryl methyl sites for hydroxylation is 1. The summed E-state index contributed by atoms with van der Waals surface area (Å²) < 4.78 is 12.8. The molecule has 0 aliphatic carbocycles. The summed E-state index contributed by atoms with van der Waals surface area (Å²) in [4.78, 5) is 4.56. The lowest BCUT2D eigenvalue weighted by molar-refractivity contribution is 0.627. The molecule has 2 aromatic rings. The minimum atomic E-state index is -0.192. The molecule has 2 heteroatoms. The smallest absolute Gasteiger partial charge is 0.123 e. The van der Waals surface area contributed by atoms with E-state index in [0.29, 0.717) is 0 Å². The van der Waals surface area contributed by atoms with Crippen molar-refractivity contribution in [1.82, 2.24) is 0 Å². The molecule has 0 aliphatic rings. The molecule has 0 fully saturated rings. The predicted octanol–water partition coefficient (Wildman–Crippen LogP) is 4.19. The molecule has 0 bridgehead atoms. The van der Waals surface area contributed by atoms with Gasteiger partial charge < -0.3 is 0 Å². The summed E-state index contributed by atoms with van der Waals surface area (Å²) in [5.41, 5.74) is 4.57. The Labute approximate surface area is 113 Å². The summed E-state index contributed by atoms with van der Waals surface area (Å²) >= 11 is 0. The molecule has 0 aliphatic heterocycles. The lowest BCUT2D eigenvalue weighted by Crippen LogP contribution is -1.98. The second-order valence-electron chi connectivity index (χ2n) is 4.71. The predicted molar refractivity (Wildman–Crippen MR) is 78.4 cm³/mol. The Morgan fingerprint density at radius 3 is 2.26 bits per heavy atom. The highest BCUT2D eigenvalue weighted by Gasteiger charge is 1.97. The van der Waals surface area contributed by atoms with Gasteiger partial charge >= 0.3 is 0 Å². The van der Waals surface area contributed by atoms with Crippen LogP contribution in [0.25, 0.3) is 0 Å². The first-order valence-corrected chi connectivity index (χ1v) is 6.48. The van der Waals surface area contributed by atoms with Crippen LogP contribution in [0.3, 0.4) is 0 Å². The molecular formula is C17H18FN. The topological polar surface area (TPSA) is 12.4 Å². The van der Waals surface area contributed by atoms with E-state index >= 15 is 0 Å². The Balaban J connectivity index is 1.95. The van der Waals surface area contributed by atoms with E-state index in [9.17, 15) is 4.39 Å². The second-order valence-corrected chi connectivity index (χ2v) is 4.71. The van der Waals surface area contributed by atoms with Crippen LogP contribution in [0.4, 0.5) is 4.39 Å². The molecule has 0 radical (unpaired) electrons. The number of benzene rings is 2. The molecule has 19 heavy (non-hydrogen) atoms. The maximum Gasteiger partial charge on any atom is 0.123 e. The Hall–Kier alpha value is -1.96. The number of hydrogen-bond donors (Lipinski definition) is 0. The quantitative estimate of drug-likeness (QED) is 0.726. The third-order valence-electron chi connectivity index (χ3n) is 3.13. The van der Waals surface area contributed by atoms with E-state index in [4.69, 9.17) is 0 Å². The lowest BCUT2D eigenvalue weighted by atomic mass is 10.1. The Morgan fingerprint density at radius 2 is 1.63 bits per heavy atom. The van der Waals surface area contributed by atoms with Crippen LogP contribution in [0, 0.1) is 12.7 Å². The molecule has 0 unspecified atom stereocenters. The van der Waals surface area contributed by atoms with Gasteiger partial charge in [0.1, 0.15) is 5.82 Å². The first-order chi connectivity index (χ1) is 9.15. The van der Waals surface area contributed by atoms with Crippen molar-refractivity contribution in [3.8, 4) is 0 Å². The van der Waals surface area contributed by atoms with Gasteiger partial charge in [-0.05, 0) is 43.5 Å². The normalized spacial score (nSPS) is 11.6. The van der Waals surface area contributed by atoms with Gasteiger partial charge in [0.05, 0.1) is 0 Å². The molecule has 0 aromatic heterocycles. The molecule has 2 rings (SSSR count). The molecule has 1 nitrogen and oxygen atoms in total. The molecule has 0 saturated heterocycles. The third kappa shape index (κ3) is 4.02. The van der Waals surface area contributed by atoms with Crippen molar-refractivity contribution >= 4 is 5.71 Å². The van der Waals surface area contributed by atoms with Crippen LogP contribution >= 0.6 is 0 Å². The molecule has 98 valence electrons. The number of nitrogens with zero attached hydrogens (tertiary/aromatic N) is 1. The molecule has 0 heterocycles. The summed E-state index contributed by atoms with van der Waals surface area (Å²) in [6, 6.07) is 15.0. The summed E-state index contributed by atoms with van der Waals surface area (Å²) in [5, 5.41) is 0. The third-order valence-corrected chi connectivity index (χ3v) is 3.13. The van der Waals surface area contributed by atoms with Crippen LogP contribution in [-0.2, 0) is 6.42 Å². The molecule has 0 saturated carbocycles. The average Bonchev–Trinajstić information content (AvgIpc) is 2.41. The molecule has 0 N–H and O–H groups in total. The minimum Gasteiger partial charge on any atom is -0.289 e. The molecular weight excluding hydrogens is 237 g/mol. The van der Waals surface area contributed by atoms with E-state index in [2.05, 4.69) is 36.2 Å². The molecule has 0 atom stereocenters. The van der Waals surface area contributed by atoms with Gasteiger partial charge in [0.15, 0.2) is 0 Å². The van der Waals surface area contributed by atoms with Crippen molar-refractivity contribution in [2.45, 2.75) is 20.3 Å². The van der Waals surface area contributed by atoms with Gasteiger partial charge in [-0.2, -0.15) is 0 Å². The van der Waals surface area contributed by atoms with Crippen LogP contribution in [0.5, 0.6) is 0 Å². The van der Waals surface area contributed by atoms with Crippen LogP contribution in [0.15, 0.2) is 53.5 Å². The number of aliphatic imine (C=N–C) groups is 1. The fourth-order valence-corrected chi connectivity index (χ4v) is 1.89. The highest BCUT2D eigenvalue weighted by Crippen LogP contribution is 2.06. The second kappa shape index (κ2) is 6.28. The van der Waals surface area contributed by atoms with Gasteiger partial charge in [-0.3, -0.25) is 4.99 Å². The van der Waals surface area contributed by atoms with Gasteiger partial charge in [0, 0.05) is 12.3 Å². The fraction of sp³-hybridized carbons (Fsp3) is 0.235. The van der Waals surface area contributed by atoms with E-state index < -0.39 is 0 Å². The fourth-order valence-electron chi connectivity index (χ4n) is 1.89. The zero-order chi connectivity index (χ0) is 13.7. The first-order valence-electron chi connectivity index (χ1n) is 6.48. The van der Waals surface area contributed by atoms with E-state index in [1.165, 1.54) is 17.7 Å². The summed E-state index contributed by atoms with van der Waals surface area (Å²) in [7, 11) is 0. The van der Waals surface area contributed by atoms with Gasteiger partial charge in [-0.25, -0.2) is 4.39 Å². The summed E-state index contributed by atoms with van der Waals surface area (Å²) in [6.45, 7) is 4.82. The summed E-state index contributed by atoms with van der Waals surface area (Å²) in [6.07, 6.45) is 0.837. The maximum absolute atomic E-state index is 12.8. The van der Waals surface area contributed by atoms with Gasteiger partial charge in [0.25, 0.3) is 0 Å². The van der Waals surface area contributed by atoms with E-state index in [-0.39, 0.29) is 5.82 Å². The van der Waals surface area contributed by atoms with Crippen LogP contribution in [0.2, 0.25) is 0 Å². The van der Waals surface area contributed by atoms with Crippen LogP contribution < -0.4 is 0 Å². The van der Waals surface area contributed by atoms with Gasteiger partial charge in [0.2, 0.25) is 0 Å². The highest BCUT2D eigenvalue weighted by atomic mass is 19.1. The number of halogens is 1. The Kier molecular flexibility index (Phi) is 4.45. The van der Waals surface area contributed by atoms with Crippen molar-refractivity contribution < 1.29 is 4.39 Å². The van der Waals surface area contributed by atoms with E-state index in [1.54, 1.807) is 0 Å². The van der Waals surface area contributed by atoms with Crippen molar-refractivity contribution in [3.05, 3.63) is 71.0 Å². The van der Waals surface area contributed by atoms with Gasteiger partial charge in [-0.1, -0.05) is 42.0 Å². The Morgan fingerprint density at radius 1 is 1.00 bits per heavy atom. The van der Waals surface area contributed by atoms with E-state index in [0.717, 1.165) is 29.8 Å². The monoisotopic (exact) mass is 255 g/mol. The SMILES string of the molecule is CC(=NCCc1ccc(F)cc1)c1ccc(C)cc1. The van der Waals surface area contributed by atoms with Crippen LogP contribution in [0.1, 0.15) is 23.6 Å². The van der Waals surface area contributed by atoms with Crippen molar-refractivity contribution in [2.75, 3.05) is 6.54 Å². The zero-order valence-electron chi connectivity index (χ0n) is 11.4. The van der Waals surface area contributed by atoms with Gasteiger partial charge in [-0.15, -0.1) is 0 Å². The standard InChI is InChI=1S/C17H18FN/c1-13-3-7-16(8-4-13)14(2)19-12-11-15-5-9-17(18)10-6-15/h3-10H,11-12H2,1-2H3. The maximum atomic E-state index is 12.8. The lowest BCUT2D eigenvalue weighted by Gasteiger charge is -2.03. The highest BCUT2D eigenvalue weighted by molar-refractivity contribution is 5.98. The average molecular weight is 255 g/mol. The minimum absolute atomic E-state index is 0.192. The number of hydrogen-bond acceptors (Lipinski definition) is 1. The first kappa shape index (κ1) is 13.5. The molecule has 0 amide bonds. The van der Waals surface area contributed by atoms with E-state index in [1.807, 2.05) is 19.1 Å². The van der Waals surface area contributed by atoms with Crippen molar-refractivity contribution in [1.29, 1.82) is 0 Å². The van der Waals surface area contributed by atoms with Crippen molar-refractivity contribution in [3.63, 3.8) is 0 Å². The Bertz CT molecular complexity index is 553. The number of rotatable bonds is 4. The molecule has 0 spiro atoms. The zero-order valence-corrected chi connectivity index (χ0v) is 11.4.